The van der Waals surface area contributed by atoms with Crippen molar-refractivity contribution in [1.82, 2.24) is 4.90 Å². The highest BCUT2D eigenvalue weighted by Gasteiger charge is 2.23. The minimum absolute atomic E-state index is 0.216. The van der Waals surface area contributed by atoms with Gasteiger partial charge in [-0.05, 0) is 30.5 Å². The molecule has 92 valence electrons. The van der Waals surface area contributed by atoms with Gasteiger partial charge in [0, 0.05) is 24.0 Å². The van der Waals surface area contributed by atoms with Gasteiger partial charge in [0.15, 0.2) is 0 Å². The number of nitrogens with zero attached hydrogens (tertiary/aromatic N) is 1. The summed E-state index contributed by atoms with van der Waals surface area (Å²) < 4.78 is 1.00. The van der Waals surface area contributed by atoms with Gasteiger partial charge in [0.05, 0.1) is 6.10 Å². The van der Waals surface area contributed by atoms with E-state index in [1.165, 1.54) is 0 Å². The fraction of sp³-hybridized carbons (Fsp3) is 0.462. The van der Waals surface area contributed by atoms with Crippen LogP contribution >= 0.6 is 15.9 Å². The molecule has 0 aromatic heterocycles. The third-order valence-corrected chi connectivity index (χ3v) is 3.45. The first-order chi connectivity index (χ1) is 8.16. The van der Waals surface area contributed by atoms with E-state index in [0.717, 1.165) is 29.5 Å². The molecule has 1 fully saturated rings. The summed E-state index contributed by atoms with van der Waals surface area (Å²) in [5.74, 6) is 0.216. The van der Waals surface area contributed by atoms with Gasteiger partial charge in [-0.2, -0.15) is 0 Å². The highest BCUT2D eigenvalue weighted by Crippen LogP contribution is 2.21. The molecule has 1 aromatic rings. The van der Waals surface area contributed by atoms with Crippen LogP contribution in [0, 0.1) is 0 Å². The molecule has 2 rings (SSSR count). The number of rotatable bonds is 5. The van der Waals surface area contributed by atoms with Gasteiger partial charge in [-0.1, -0.05) is 28.1 Å². The van der Waals surface area contributed by atoms with Crippen molar-refractivity contribution < 1.29 is 9.90 Å². The van der Waals surface area contributed by atoms with Crippen LogP contribution < -0.4 is 0 Å². The SMILES string of the molecule is O=C(CCCC(O)c1ccc(Br)cc1)N1CC1. The zero-order chi connectivity index (χ0) is 12.3. The molecule has 4 heteroatoms. The van der Waals surface area contributed by atoms with Gasteiger partial charge in [-0.3, -0.25) is 4.79 Å². The lowest BCUT2D eigenvalue weighted by atomic mass is 10.0. The summed E-state index contributed by atoms with van der Waals surface area (Å²) in [6, 6.07) is 7.64. The second kappa shape index (κ2) is 5.65. The maximum absolute atomic E-state index is 11.4. The van der Waals surface area contributed by atoms with Crippen LogP contribution in [0.1, 0.15) is 30.9 Å². The summed E-state index contributed by atoms with van der Waals surface area (Å²) in [6.07, 6.45) is 1.46. The van der Waals surface area contributed by atoms with Crippen molar-refractivity contribution in [3.8, 4) is 0 Å². The van der Waals surface area contributed by atoms with E-state index in [1.54, 1.807) is 0 Å². The van der Waals surface area contributed by atoms with Gasteiger partial charge in [0.2, 0.25) is 5.91 Å². The van der Waals surface area contributed by atoms with Crippen LogP contribution in [0.5, 0.6) is 0 Å². The number of hydrogen-bond acceptors (Lipinski definition) is 2. The van der Waals surface area contributed by atoms with E-state index in [1.807, 2.05) is 29.2 Å². The number of hydrogen-bond donors (Lipinski definition) is 1. The Balaban J connectivity index is 1.74. The molecule has 1 heterocycles. The standard InChI is InChI=1S/C13H16BrNO2/c14-11-6-4-10(5-7-11)12(16)2-1-3-13(17)15-8-9-15/h4-7,12,16H,1-3,8-9H2. The molecule has 1 atom stereocenters. The van der Waals surface area contributed by atoms with Gasteiger partial charge >= 0.3 is 0 Å². The smallest absolute Gasteiger partial charge is 0.222 e. The second-order valence-corrected chi connectivity index (χ2v) is 5.26. The number of halogens is 1. The Morgan fingerprint density at radius 3 is 2.59 bits per heavy atom. The van der Waals surface area contributed by atoms with E-state index in [-0.39, 0.29) is 5.91 Å². The Bertz CT molecular complexity index is 387. The molecule has 17 heavy (non-hydrogen) atoms. The minimum atomic E-state index is -0.467. The Kier molecular flexibility index (Phi) is 4.18. The molecule has 1 saturated heterocycles. The number of carbonyl (C=O) groups excluding carboxylic acids is 1. The van der Waals surface area contributed by atoms with Crippen molar-refractivity contribution in [1.29, 1.82) is 0 Å². The van der Waals surface area contributed by atoms with Crippen LogP contribution in [0.15, 0.2) is 28.7 Å². The quantitative estimate of drug-likeness (QED) is 0.848. The van der Waals surface area contributed by atoms with E-state index < -0.39 is 6.10 Å². The first-order valence-corrected chi connectivity index (χ1v) is 6.67. The summed E-state index contributed by atoms with van der Waals surface area (Å²) in [5.41, 5.74) is 0.910. The lowest BCUT2D eigenvalue weighted by molar-refractivity contribution is -0.125. The molecule has 1 amide bonds. The lowest BCUT2D eigenvalue weighted by Gasteiger charge is -2.10. The van der Waals surface area contributed by atoms with Gasteiger partial charge in [0.1, 0.15) is 0 Å². The third-order valence-electron chi connectivity index (χ3n) is 2.92. The molecular formula is C13H16BrNO2. The summed E-state index contributed by atoms with van der Waals surface area (Å²) >= 11 is 3.36. The highest BCUT2D eigenvalue weighted by molar-refractivity contribution is 9.10. The van der Waals surface area contributed by atoms with Crippen LogP contribution in [0.3, 0.4) is 0 Å². The van der Waals surface area contributed by atoms with Crippen molar-refractivity contribution >= 4 is 21.8 Å². The molecule has 1 N–H and O–H groups in total. The average molecular weight is 298 g/mol. The van der Waals surface area contributed by atoms with E-state index in [2.05, 4.69) is 15.9 Å². The molecule has 0 saturated carbocycles. The molecule has 1 aliphatic heterocycles. The Labute approximate surface area is 110 Å². The predicted octanol–water partition coefficient (Wildman–Crippen LogP) is 2.50. The van der Waals surface area contributed by atoms with Crippen LogP contribution in [-0.4, -0.2) is 29.0 Å². The van der Waals surface area contributed by atoms with Crippen molar-refractivity contribution in [2.24, 2.45) is 0 Å². The Morgan fingerprint density at radius 1 is 1.35 bits per heavy atom. The topological polar surface area (TPSA) is 40.3 Å². The van der Waals surface area contributed by atoms with E-state index in [0.29, 0.717) is 12.8 Å². The molecule has 0 aliphatic carbocycles. The summed E-state index contributed by atoms with van der Waals surface area (Å²) in [7, 11) is 0. The molecule has 0 radical (unpaired) electrons. The van der Waals surface area contributed by atoms with Gasteiger partial charge in [-0.15, -0.1) is 0 Å². The number of amides is 1. The normalized spacial score (nSPS) is 15.8. The zero-order valence-electron chi connectivity index (χ0n) is 9.60. The van der Waals surface area contributed by atoms with Crippen LogP contribution in [0.25, 0.3) is 0 Å². The monoisotopic (exact) mass is 297 g/mol. The number of carbonyl (C=O) groups is 1. The van der Waals surface area contributed by atoms with Crippen LogP contribution in [0.2, 0.25) is 0 Å². The zero-order valence-corrected chi connectivity index (χ0v) is 11.2. The van der Waals surface area contributed by atoms with Gasteiger partial charge in [0.25, 0.3) is 0 Å². The first-order valence-electron chi connectivity index (χ1n) is 5.88. The van der Waals surface area contributed by atoms with E-state index >= 15 is 0 Å². The van der Waals surface area contributed by atoms with Crippen LogP contribution in [0.4, 0.5) is 0 Å². The molecule has 1 aromatic carbocycles. The van der Waals surface area contributed by atoms with Crippen molar-refractivity contribution in [2.45, 2.75) is 25.4 Å². The molecule has 1 unspecified atom stereocenters. The summed E-state index contributed by atoms with van der Waals surface area (Å²) in [4.78, 5) is 13.2. The van der Waals surface area contributed by atoms with E-state index in [4.69, 9.17) is 0 Å². The average Bonchev–Trinajstić information content (AvgIpc) is 3.13. The van der Waals surface area contributed by atoms with Crippen molar-refractivity contribution in [2.75, 3.05) is 13.1 Å². The van der Waals surface area contributed by atoms with Crippen molar-refractivity contribution in [3.05, 3.63) is 34.3 Å². The maximum atomic E-state index is 11.4. The van der Waals surface area contributed by atoms with E-state index in [9.17, 15) is 9.90 Å². The Morgan fingerprint density at radius 2 is 2.00 bits per heavy atom. The Hall–Kier alpha value is -0.870. The maximum Gasteiger partial charge on any atom is 0.222 e. The fourth-order valence-electron chi connectivity index (χ4n) is 1.76. The largest absolute Gasteiger partial charge is 0.388 e. The van der Waals surface area contributed by atoms with Gasteiger partial charge < -0.3 is 10.0 Å². The summed E-state index contributed by atoms with van der Waals surface area (Å²) in [6.45, 7) is 1.82. The predicted molar refractivity (Wildman–Crippen MR) is 69.5 cm³/mol. The first kappa shape index (κ1) is 12.6. The third kappa shape index (κ3) is 3.82. The highest BCUT2D eigenvalue weighted by atomic mass is 79.9. The lowest BCUT2D eigenvalue weighted by Crippen LogP contribution is -2.10. The molecule has 1 aliphatic rings. The fourth-order valence-corrected chi connectivity index (χ4v) is 2.02. The molecule has 0 bridgehead atoms. The molecular weight excluding hydrogens is 282 g/mol. The molecule has 0 spiro atoms. The number of aliphatic hydroxyl groups excluding tert-OH is 1. The molecule has 3 nitrogen and oxygen atoms in total. The van der Waals surface area contributed by atoms with Crippen LogP contribution in [-0.2, 0) is 4.79 Å². The summed E-state index contributed by atoms with van der Waals surface area (Å²) in [5, 5.41) is 9.94. The second-order valence-electron chi connectivity index (χ2n) is 4.34. The van der Waals surface area contributed by atoms with Gasteiger partial charge in [-0.25, -0.2) is 0 Å². The van der Waals surface area contributed by atoms with Crippen molar-refractivity contribution in [3.63, 3.8) is 0 Å². The number of aliphatic hydroxyl groups is 1. The minimum Gasteiger partial charge on any atom is -0.388 e. The number of benzene rings is 1.